The minimum atomic E-state index is -0.647. The molecule has 1 saturated carbocycles. The van der Waals surface area contributed by atoms with Gasteiger partial charge in [0, 0.05) is 12.1 Å². The van der Waals surface area contributed by atoms with Gasteiger partial charge in [-0.1, -0.05) is 44.2 Å². The Morgan fingerprint density at radius 1 is 1.04 bits per heavy atom. The molecule has 140 valence electrons. The number of nitrogen functional groups attached to an aromatic ring is 1. The summed E-state index contributed by atoms with van der Waals surface area (Å²) in [6, 6.07) is 8.31. The molecule has 1 saturated heterocycles. The first kappa shape index (κ1) is 19.8. The molecule has 4 heteroatoms. The Balaban J connectivity index is 0.000000181. The summed E-state index contributed by atoms with van der Waals surface area (Å²) in [4.78, 5) is 10.2. The van der Waals surface area contributed by atoms with Crippen molar-refractivity contribution in [2.75, 3.05) is 18.8 Å². The van der Waals surface area contributed by atoms with Crippen LogP contribution in [0.3, 0.4) is 0 Å². The SMILES string of the molecule is Nc1ccc(C2CCNCC2)cc1.O=C(O)CCCC1CCCCC1. The van der Waals surface area contributed by atoms with Gasteiger partial charge in [-0.3, -0.25) is 4.79 Å². The standard InChI is InChI=1S/C11H16N2.C10H18O2/c12-11-3-1-9(2-4-11)10-5-7-13-8-6-10;11-10(12)8-4-7-9-5-2-1-3-6-9/h1-4,10,13H,5-8,12H2;9H,1-8H2,(H,11,12). The van der Waals surface area contributed by atoms with Gasteiger partial charge in [0.2, 0.25) is 0 Å². The van der Waals surface area contributed by atoms with Crippen molar-refractivity contribution in [1.82, 2.24) is 5.32 Å². The molecule has 4 nitrogen and oxygen atoms in total. The van der Waals surface area contributed by atoms with Crippen LogP contribution in [0.5, 0.6) is 0 Å². The fourth-order valence-electron chi connectivity index (χ4n) is 3.94. The zero-order valence-electron chi connectivity index (χ0n) is 15.4. The molecule has 0 aromatic heterocycles. The lowest BCUT2D eigenvalue weighted by Crippen LogP contribution is -2.26. The number of nitrogens with two attached hydrogens (primary N) is 1. The molecule has 1 aromatic carbocycles. The summed E-state index contributed by atoms with van der Waals surface area (Å²) in [5, 5.41) is 11.8. The van der Waals surface area contributed by atoms with E-state index in [1.165, 1.54) is 50.5 Å². The number of carboxylic acid groups (broad SMARTS) is 1. The van der Waals surface area contributed by atoms with Crippen molar-refractivity contribution >= 4 is 11.7 Å². The van der Waals surface area contributed by atoms with Gasteiger partial charge >= 0.3 is 5.97 Å². The molecule has 1 aromatic rings. The summed E-state index contributed by atoms with van der Waals surface area (Å²) in [7, 11) is 0. The number of rotatable bonds is 5. The number of hydrogen-bond donors (Lipinski definition) is 3. The van der Waals surface area contributed by atoms with Crippen molar-refractivity contribution in [3.63, 3.8) is 0 Å². The molecule has 1 aliphatic carbocycles. The van der Waals surface area contributed by atoms with Gasteiger partial charge in [0.05, 0.1) is 0 Å². The second kappa shape index (κ2) is 11.1. The lowest BCUT2D eigenvalue weighted by atomic mass is 9.86. The Morgan fingerprint density at radius 2 is 1.68 bits per heavy atom. The number of anilines is 1. The minimum Gasteiger partial charge on any atom is -0.481 e. The Bertz CT molecular complexity index is 489. The number of nitrogens with one attached hydrogen (secondary N) is 1. The molecule has 4 N–H and O–H groups in total. The van der Waals surface area contributed by atoms with Crippen LogP contribution in [0.15, 0.2) is 24.3 Å². The van der Waals surface area contributed by atoms with E-state index in [1.807, 2.05) is 12.1 Å². The van der Waals surface area contributed by atoms with Gasteiger partial charge in [-0.25, -0.2) is 0 Å². The van der Waals surface area contributed by atoms with E-state index in [0.29, 0.717) is 6.42 Å². The molecule has 25 heavy (non-hydrogen) atoms. The smallest absolute Gasteiger partial charge is 0.303 e. The topological polar surface area (TPSA) is 75.3 Å². The molecule has 0 unspecified atom stereocenters. The van der Waals surface area contributed by atoms with Crippen LogP contribution in [0.2, 0.25) is 0 Å². The van der Waals surface area contributed by atoms with Gasteiger partial charge in [-0.2, -0.15) is 0 Å². The number of carboxylic acids is 1. The molecule has 0 bridgehead atoms. The van der Waals surface area contributed by atoms with Crippen molar-refractivity contribution in [2.45, 2.75) is 70.1 Å². The third kappa shape index (κ3) is 7.91. The van der Waals surface area contributed by atoms with Crippen LogP contribution in [0.4, 0.5) is 5.69 Å². The number of benzene rings is 1. The van der Waals surface area contributed by atoms with E-state index in [0.717, 1.165) is 43.5 Å². The molecule has 0 radical (unpaired) electrons. The Kier molecular flexibility index (Phi) is 8.81. The second-order valence-corrected chi connectivity index (χ2v) is 7.48. The van der Waals surface area contributed by atoms with Crippen LogP contribution in [-0.2, 0) is 4.79 Å². The molecule has 0 spiro atoms. The fourth-order valence-corrected chi connectivity index (χ4v) is 3.94. The van der Waals surface area contributed by atoms with Crippen LogP contribution in [0, 0.1) is 5.92 Å². The number of hydrogen-bond acceptors (Lipinski definition) is 3. The average Bonchev–Trinajstić information content (AvgIpc) is 2.64. The Labute approximate surface area is 152 Å². The van der Waals surface area contributed by atoms with Gasteiger partial charge in [0.1, 0.15) is 0 Å². The van der Waals surface area contributed by atoms with E-state index in [1.54, 1.807) is 0 Å². The van der Waals surface area contributed by atoms with E-state index >= 15 is 0 Å². The predicted molar refractivity (Wildman–Crippen MR) is 104 cm³/mol. The maximum atomic E-state index is 10.2. The van der Waals surface area contributed by atoms with Crippen LogP contribution >= 0.6 is 0 Å². The summed E-state index contributed by atoms with van der Waals surface area (Å²) >= 11 is 0. The summed E-state index contributed by atoms with van der Waals surface area (Å²) in [5.74, 6) is 0.922. The van der Waals surface area contributed by atoms with Crippen molar-refractivity contribution in [3.8, 4) is 0 Å². The lowest BCUT2D eigenvalue weighted by Gasteiger charge is -2.22. The van der Waals surface area contributed by atoms with E-state index in [-0.39, 0.29) is 0 Å². The largest absolute Gasteiger partial charge is 0.481 e. The zero-order chi connectivity index (χ0) is 17.9. The molecule has 1 aliphatic heterocycles. The normalized spacial score (nSPS) is 19.0. The first-order chi connectivity index (χ1) is 12.1. The van der Waals surface area contributed by atoms with E-state index < -0.39 is 5.97 Å². The van der Waals surface area contributed by atoms with Gasteiger partial charge in [0.25, 0.3) is 0 Å². The summed E-state index contributed by atoms with van der Waals surface area (Å²) in [6.07, 6.45) is 11.6. The predicted octanol–water partition coefficient (Wildman–Crippen LogP) is 4.56. The Hall–Kier alpha value is -1.55. The minimum absolute atomic E-state index is 0.358. The van der Waals surface area contributed by atoms with Crippen LogP contribution < -0.4 is 11.1 Å². The molecular weight excluding hydrogens is 312 g/mol. The quantitative estimate of drug-likeness (QED) is 0.683. The van der Waals surface area contributed by atoms with Gasteiger partial charge < -0.3 is 16.2 Å². The average molecular weight is 347 g/mol. The lowest BCUT2D eigenvalue weighted by molar-refractivity contribution is -0.137. The molecule has 0 atom stereocenters. The van der Waals surface area contributed by atoms with E-state index in [2.05, 4.69) is 17.4 Å². The summed E-state index contributed by atoms with van der Waals surface area (Å²) in [5.41, 5.74) is 7.94. The fraction of sp³-hybridized carbons (Fsp3) is 0.667. The monoisotopic (exact) mass is 346 g/mol. The highest BCUT2D eigenvalue weighted by Gasteiger charge is 2.14. The number of piperidine rings is 1. The van der Waals surface area contributed by atoms with Crippen molar-refractivity contribution in [3.05, 3.63) is 29.8 Å². The molecule has 1 heterocycles. The first-order valence-corrected chi connectivity index (χ1v) is 9.93. The molecule has 3 rings (SSSR count). The maximum Gasteiger partial charge on any atom is 0.303 e. The third-order valence-corrected chi connectivity index (χ3v) is 5.47. The zero-order valence-corrected chi connectivity index (χ0v) is 15.4. The highest BCUT2D eigenvalue weighted by molar-refractivity contribution is 5.66. The van der Waals surface area contributed by atoms with Crippen LogP contribution in [-0.4, -0.2) is 24.2 Å². The van der Waals surface area contributed by atoms with E-state index in [9.17, 15) is 4.79 Å². The molecule has 2 aliphatic rings. The van der Waals surface area contributed by atoms with Gasteiger partial charge in [-0.05, 0) is 68.3 Å². The van der Waals surface area contributed by atoms with Crippen molar-refractivity contribution in [1.29, 1.82) is 0 Å². The maximum absolute atomic E-state index is 10.2. The molecule has 2 fully saturated rings. The Morgan fingerprint density at radius 3 is 2.28 bits per heavy atom. The summed E-state index contributed by atoms with van der Waals surface area (Å²) < 4.78 is 0. The highest BCUT2D eigenvalue weighted by atomic mass is 16.4. The van der Waals surface area contributed by atoms with Crippen LogP contribution in [0.1, 0.15) is 75.7 Å². The van der Waals surface area contributed by atoms with Crippen LogP contribution in [0.25, 0.3) is 0 Å². The molecular formula is C21H34N2O2. The third-order valence-electron chi connectivity index (χ3n) is 5.47. The highest BCUT2D eigenvalue weighted by Crippen LogP contribution is 2.27. The number of aliphatic carboxylic acids is 1. The molecule has 0 amide bonds. The second-order valence-electron chi connectivity index (χ2n) is 7.48. The van der Waals surface area contributed by atoms with E-state index in [4.69, 9.17) is 10.8 Å². The first-order valence-electron chi connectivity index (χ1n) is 9.93. The number of carbonyl (C=O) groups is 1. The van der Waals surface area contributed by atoms with Crippen molar-refractivity contribution in [2.24, 2.45) is 5.92 Å². The van der Waals surface area contributed by atoms with Crippen molar-refractivity contribution < 1.29 is 9.90 Å². The summed E-state index contributed by atoms with van der Waals surface area (Å²) in [6.45, 7) is 2.30. The van der Waals surface area contributed by atoms with Gasteiger partial charge in [-0.15, -0.1) is 0 Å². The van der Waals surface area contributed by atoms with Gasteiger partial charge in [0.15, 0.2) is 0 Å².